The highest BCUT2D eigenvalue weighted by atomic mass is 16.4. The van der Waals surface area contributed by atoms with Crippen LogP contribution in [0, 0.1) is 0 Å². The van der Waals surface area contributed by atoms with Gasteiger partial charge in [-0.15, -0.1) is 5.11 Å². The molecule has 1 aromatic carbocycles. The Bertz CT molecular complexity index is 604. The van der Waals surface area contributed by atoms with E-state index in [0.29, 0.717) is 5.82 Å². The Hall–Kier alpha value is -2.70. The van der Waals surface area contributed by atoms with Gasteiger partial charge in [0.15, 0.2) is 5.69 Å². The number of aromatic amines is 1. The van der Waals surface area contributed by atoms with Gasteiger partial charge in [0, 0.05) is 19.7 Å². The SMILES string of the molecule is CN(C)N=Nc1nc(-c2ccccc2)[nH]c1C(=O)O. The van der Waals surface area contributed by atoms with E-state index in [4.69, 9.17) is 5.11 Å². The van der Waals surface area contributed by atoms with E-state index in [9.17, 15) is 4.79 Å². The van der Waals surface area contributed by atoms with Crippen LogP contribution in [0.15, 0.2) is 40.7 Å². The number of hydrogen-bond acceptors (Lipinski definition) is 4. The minimum Gasteiger partial charge on any atom is -0.476 e. The van der Waals surface area contributed by atoms with E-state index in [2.05, 4.69) is 20.3 Å². The molecule has 0 spiro atoms. The number of hydrogen-bond donors (Lipinski definition) is 2. The van der Waals surface area contributed by atoms with Crippen molar-refractivity contribution in [1.82, 2.24) is 15.0 Å². The molecule has 0 unspecified atom stereocenters. The summed E-state index contributed by atoms with van der Waals surface area (Å²) in [7, 11) is 3.38. The van der Waals surface area contributed by atoms with Gasteiger partial charge in [0.2, 0.25) is 5.82 Å². The molecule has 0 aliphatic rings. The first-order chi connectivity index (χ1) is 9.08. The number of nitrogens with zero attached hydrogens (tertiary/aromatic N) is 4. The lowest BCUT2D eigenvalue weighted by Crippen LogP contribution is -2.00. The Kier molecular flexibility index (Phi) is 3.56. The number of imidazole rings is 1. The van der Waals surface area contributed by atoms with E-state index < -0.39 is 5.97 Å². The van der Waals surface area contributed by atoms with Gasteiger partial charge in [-0.25, -0.2) is 9.78 Å². The number of benzene rings is 1. The zero-order valence-electron chi connectivity index (χ0n) is 10.5. The molecular formula is C12H13N5O2. The topological polar surface area (TPSA) is 93.9 Å². The smallest absolute Gasteiger partial charge is 0.356 e. The van der Waals surface area contributed by atoms with Crippen LogP contribution in [-0.2, 0) is 0 Å². The predicted molar refractivity (Wildman–Crippen MR) is 69.2 cm³/mol. The van der Waals surface area contributed by atoms with E-state index in [1.54, 1.807) is 14.1 Å². The normalized spacial score (nSPS) is 10.8. The third kappa shape index (κ3) is 2.95. The van der Waals surface area contributed by atoms with E-state index >= 15 is 0 Å². The van der Waals surface area contributed by atoms with Gasteiger partial charge in [0.1, 0.15) is 5.82 Å². The van der Waals surface area contributed by atoms with E-state index in [0.717, 1.165) is 5.56 Å². The minimum absolute atomic E-state index is 0.0556. The Morgan fingerprint density at radius 1 is 1.32 bits per heavy atom. The van der Waals surface area contributed by atoms with Crippen LogP contribution in [0.3, 0.4) is 0 Å². The van der Waals surface area contributed by atoms with Gasteiger partial charge in [-0.1, -0.05) is 35.6 Å². The van der Waals surface area contributed by atoms with Gasteiger partial charge in [0.05, 0.1) is 0 Å². The van der Waals surface area contributed by atoms with E-state index in [1.165, 1.54) is 5.01 Å². The fraction of sp³-hybridized carbons (Fsp3) is 0.167. The molecule has 0 aliphatic heterocycles. The van der Waals surface area contributed by atoms with Gasteiger partial charge in [-0.05, 0) is 0 Å². The molecule has 0 bridgehead atoms. The summed E-state index contributed by atoms with van der Waals surface area (Å²) in [6.45, 7) is 0. The van der Waals surface area contributed by atoms with Crippen LogP contribution >= 0.6 is 0 Å². The second kappa shape index (κ2) is 5.30. The van der Waals surface area contributed by atoms with Crippen molar-refractivity contribution in [3.8, 4) is 11.4 Å². The first kappa shape index (κ1) is 12.7. The summed E-state index contributed by atoms with van der Waals surface area (Å²) in [6, 6.07) is 9.23. The molecular weight excluding hydrogens is 246 g/mol. The maximum absolute atomic E-state index is 11.1. The molecule has 0 fully saturated rings. The first-order valence-electron chi connectivity index (χ1n) is 5.55. The molecule has 0 atom stereocenters. The molecule has 98 valence electrons. The molecule has 7 nitrogen and oxygen atoms in total. The number of carbonyl (C=O) groups is 1. The summed E-state index contributed by atoms with van der Waals surface area (Å²) in [5, 5.41) is 18.1. The van der Waals surface area contributed by atoms with Gasteiger partial charge in [-0.2, -0.15) is 0 Å². The second-order valence-electron chi connectivity index (χ2n) is 3.99. The second-order valence-corrected chi connectivity index (χ2v) is 3.99. The molecule has 19 heavy (non-hydrogen) atoms. The van der Waals surface area contributed by atoms with Crippen molar-refractivity contribution in [2.75, 3.05) is 14.1 Å². The third-order valence-corrected chi connectivity index (χ3v) is 2.26. The molecule has 0 aliphatic carbocycles. The lowest BCUT2D eigenvalue weighted by Gasteiger charge is -1.98. The Morgan fingerprint density at radius 3 is 2.58 bits per heavy atom. The maximum Gasteiger partial charge on any atom is 0.356 e. The summed E-state index contributed by atoms with van der Waals surface area (Å²) in [5.41, 5.74) is 0.709. The van der Waals surface area contributed by atoms with Crippen LogP contribution < -0.4 is 0 Å². The number of aromatic carboxylic acids is 1. The zero-order chi connectivity index (χ0) is 13.8. The van der Waals surface area contributed by atoms with Crippen LogP contribution in [0.25, 0.3) is 11.4 Å². The van der Waals surface area contributed by atoms with Crippen LogP contribution in [0.1, 0.15) is 10.5 Å². The number of nitrogens with one attached hydrogen (secondary N) is 1. The van der Waals surface area contributed by atoms with Gasteiger partial charge in [0.25, 0.3) is 0 Å². The number of H-pyrrole nitrogens is 1. The standard InChI is InChI=1S/C12H13N5O2/c1-17(2)16-15-11-9(12(18)19)13-10(14-11)8-6-4-3-5-7-8/h3-7H,1-2H3,(H,13,14)(H,18,19). The van der Waals surface area contributed by atoms with Crippen molar-refractivity contribution in [2.24, 2.45) is 10.3 Å². The Labute approximate surface area is 109 Å². The van der Waals surface area contributed by atoms with E-state index in [-0.39, 0.29) is 11.5 Å². The van der Waals surface area contributed by atoms with Crippen molar-refractivity contribution in [1.29, 1.82) is 0 Å². The van der Waals surface area contributed by atoms with Crippen LogP contribution in [0.2, 0.25) is 0 Å². The molecule has 0 saturated carbocycles. The van der Waals surface area contributed by atoms with Crippen LogP contribution in [0.5, 0.6) is 0 Å². The van der Waals surface area contributed by atoms with E-state index in [1.807, 2.05) is 30.3 Å². The van der Waals surface area contributed by atoms with Crippen molar-refractivity contribution in [3.63, 3.8) is 0 Å². The summed E-state index contributed by atoms with van der Waals surface area (Å²) in [4.78, 5) is 18.0. The lowest BCUT2D eigenvalue weighted by atomic mass is 10.2. The van der Waals surface area contributed by atoms with Crippen LogP contribution in [0.4, 0.5) is 5.82 Å². The molecule has 0 radical (unpaired) electrons. The van der Waals surface area contributed by atoms with Gasteiger partial charge in [-0.3, -0.25) is 5.01 Å². The molecule has 1 aromatic heterocycles. The molecule has 2 rings (SSSR count). The molecule has 0 amide bonds. The highest BCUT2D eigenvalue weighted by molar-refractivity contribution is 5.91. The van der Waals surface area contributed by atoms with Crippen LogP contribution in [-0.4, -0.2) is 40.1 Å². The highest BCUT2D eigenvalue weighted by Gasteiger charge is 2.17. The molecule has 0 saturated heterocycles. The Balaban J connectivity index is 2.44. The summed E-state index contributed by atoms with van der Waals surface area (Å²) in [6.07, 6.45) is 0. The highest BCUT2D eigenvalue weighted by Crippen LogP contribution is 2.23. The number of carboxylic acids is 1. The number of aromatic nitrogens is 2. The van der Waals surface area contributed by atoms with Gasteiger partial charge < -0.3 is 10.1 Å². The molecule has 2 aromatic rings. The summed E-state index contributed by atoms with van der Waals surface area (Å²) < 4.78 is 0. The third-order valence-electron chi connectivity index (χ3n) is 2.26. The monoisotopic (exact) mass is 259 g/mol. The summed E-state index contributed by atoms with van der Waals surface area (Å²) in [5.74, 6) is -0.617. The quantitative estimate of drug-likeness (QED) is 0.650. The molecule has 7 heteroatoms. The van der Waals surface area contributed by atoms with Crippen molar-refractivity contribution >= 4 is 11.8 Å². The average Bonchev–Trinajstić information content (AvgIpc) is 2.81. The van der Waals surface area contributed by atoms with Crippen molar-refractivity contribution in [3.05, 3.63) is 36.0 Å². The molecule has 2 N–H and O–H groups in total. The number of rotatable bonds is 4. The van der Waals surface area contributed by atoms with Crippen molar-refractivity contribution < 1.29 is 9.90 Å². The van der Waals surface area contributed by atoms with Crippen molar-refractivity contribution in [2.45, 2.75) is 0 Å². The summed E-state index contributed by atoms with van der Waals surface area (Å²) >= 11 is 0. The minimum atomic E-state index is -1.12. The predicted octanol–water partition coefficient (Wildman–Crippen LogP) is 2.34. The lowest BCUT2D eigenvalue weighted by molar-refractivity contribution is 0.0692. The molecule has 1 heterocycles. The fourth-order valence-corrected chi connectivity index (χ4v) is 1.45. The first-order valence-corrected chi connectivity index (χ1v) is 5.55. The van der Waals surface area contributed by atoms with Gasteiger partial charge >= 0.3 is 5.97 Å². The Morgan fingerprint density at radius 2 is 2.00 bits per heavy atom. The number of carboxylic acid groups (broad SMARTS) is 1. The zero-order valence-corrected chi connectivity index (χ0v) is 10.5. The fourth-order valence-electron chi connectivity index (χ4n) is 1.45. The maximum atomic E-state index is 11.1. The largest absolute Gasteiger partial charge is 0.476 e. The average molecular weight is 259 g/mol.